The first-order valence-corrected chi connectivity index (χ1v) is 12.2. The molecule has 1 aromatic rings. The van der Waals surface area contributed by atoms with Crippen LogP contribution < -0.4 is 9.47 Å². The first-order chi connectivity index (χ1) is 14.9. The number of ether oxygens (including phenoxy) is 3. The third-order valence-electron chi connectivity index (χ3n) is 6.00. The molecule has 1 atom stereocenters. The Labute approximate surface area is 182 Å². The van der Waals surface area contributed by atoms with Crippen molar-refractivity contribution in [1.29, 1.82) is 0 Å². The molecule has 3 aliphatic heterocycles. The Balaban J connectivity index is 1.33. The minimum absolute atomic E-state index is 0.141. The van der Waals surface area contributed by atoms with Crippen LogP contribution >= 0.6 is 0 Å². The molecule has 2 fully saturated rings. The van der Waals surface area contributed by atoms with Crippen LogP contribution in [0.4, 0.5) is 0 Å². The van der Waals surface area contributed by atoms with Gasteiger partial charge in [0, 0.05) is 32.2 Å². The summed E-state index contributed by atoms with van der Waals surface area (Å²) in [5.41, 5.74) is 0. The van der Waals surface area contributed by atoms with E-state index in [1.54, 1.807) is 17.9 Å². The summed E-state index contributed by atoms with van der Waals surface area (Å²) >= 11 is 0. The van der Waals surface area contributed by atoms with Crippen LogP contribution in [0.1, 0.15) is 32.6 Å². The number of rotatable bonds is 5. The van der Waals surface area contributed by atoms with E-state index in [9.17, 15) is 18.0 Å². The molecule has 0 spiro atoms. The van der Waals surface area contributed by atoms with Gasteiger partial charge in [-0.2, -0.15) is 4.31 Å². The summed E-state index contributed by atoms with van der Waals surface area (Å²) in [5, 5.41) is 0. The van der Waals surface area contributed by atoms with Crippen molar-refractivity contribution in [3.8, 4) is 11.5 Å². The van der Waals surface area contributed by atoms with Crippen LogP contribution in [0.3, 0.4) is 0 Å². The van der Waals surface area contributed by atoms with Gasteiger partial charge in [-0.3, -0.25) is 9.59 Å². The molecule has 10 heteroatoms. The predicted octanol–water partition coefficient (Wildman–Crippen LogP) is 1.41. The van der Waals surface area contributed by atoms with Crippen molar-refractivity contribution in [2.24, 2.45) is 5.92 Å². The molecular weight excluding hydrogens is 424 g/mol. The largest absolute Gasteiger partial charge is 0.486 e. The normalized spacial score (nSPS) is 21.0. The van der Waals surface area contributed by atoms with Gasteiger partial charge in [0.1, 0.15) is 13.2 Å². The molecule has 1 aromatic carbocycles. The number of fused-ring (bicyclic) bond motifs is 1. The van der Waals surface area contributed by atoms with E-state index in [0.29, 0.717) is 50.6 Å². The average molecular weight is 453 g/mol. The molecule has 0 aromatic heterocycles. The average Bonchev–Trinajstić information content (AvgIpc) is 3.33. The molecule has 2 saturated heterocycles. The van der Waals surface area contributed by atoms with Gasteiger partial charge < -0.3 is 19.1 Å². The molecule has 31 heavy (non-hydrogen) atoms. The quantitative estimate of drug-likeness (QED) is 0.623. The lowest BCUT2D eigenvalue weighted by atomic mass is 9.98. The summed E-state index contributed by atoms with van der Waals surface area (Å²) in [5.74, 6) is -0.0619. The summed E-state index contributed by atoms with van der Waals surface area (Å²) in [4.78, 5) is 26.7. The second kappa shape index (κ2) is 9.04. The van der Waals surface area contributed by atoms with Gasteiger partial charge in [-0.1, -0.05) is 0 Å². The van der Waals surface area contributed by atoms with Crippen LogP contribution in [0.5, 0.6) is 11.5 Å². The van der Waals surface area contributed by atoms with Gasteiger partial charge in [-0.05, 0) is 44.7 Å². The van der Waals surface area contributed by atoms with Crippen LogP contribution in [0.15, 0.2) is 23.1 Å². The predicted molar refractivity (Wildman–Crippen MR) is 110 cm³/mol. The second-order valence-electron chi connectivity index (χ2n) is 8.10. The van der Waals surface area contributed by atoms with Crippen molar-refractivity contribution < 1.29 is 32.2 Å². The molecule has 0 saturated carbocycles. The molecular formula is C21H28N2O7S. The van der Waals surface area contributed by atoms with Crippen LogP contribution in [0.2, 0.25) is 0 Å². The van der Waals surface area contributed by atoms with Gasteiger partial charge in [-0.25, -0.2) is 8.42 Å². The molecule has 9 nitrogen and oxygen atoms in total. The van der Waals surface area contributed by atoms with E-state index in [-0.39, 0.29) is 23.9 Å². The van der Waals surface area contributed by atoms with Crippen LogP contribution in [-0.4, -0.2) is 75.0 Å². The Kier molecular flexibility index (Phi) is 6.38. The highest BCUT2D eigenvalue weighted by atomic mass is 32.2. The maximum Gasteiger partial charge on any atom is 0.309 e. The van der Waals surface area contributed by atoms with E-state index < -0.39 is 28.0 Å². The fraction of sp³-hybridized carbons (Fsp3) is 0.619. The van der Waals surface area contributed by atoms with Crippen molar-refractivity contribution in [3.05, 3.63) is 18.2 Å². The summed E-state index contributed by atoms with van der Waals surface area (Å²) in [6, 6.07) is 4.59. The Hall–Kier alpha value is -2.33. The van der Waals surface area contributed by atoms with E-state index in [0.717, 1.165) is 12.8 Å². The highest BCUT2D eigenvalue weighted by Gasteiger charge is 2.35. The van der Waals surface area contributed by atoms with Crippen LogP contribution in [-0.2, 0) is 24.3 Å². The van der Waals surface area contributed by atoms with E-state index in [1.165, 1.54) is 16.4 Å². The second-order valence-corrected chi connectivity index (χ2v) is 10.0. The molecule has 1 amide bonds. The Bertz CT molecular complexity index is 935. The lowest BCUT2D eigenvalue weighted by Crippen LogP contribution is -2.43. The minimum atomic E-state index is -3.71. The third-order valence-corrected chi connectivity index (χ3v) is 7.89. The van der Waals surface area contributed by atoms with E-state index >= 15 is 0 Å². The fourth-order valence-corrected chi connectivity index (χ4v) is 5.67. The molecule has 3 aliphatic rings. The highest BCUT2D eigenvalue weighted by Crippen LogP contribution is 2.34. The van der Waals surface area contributed by atoms with E-state index in [2.05, 4.69) is 0 Å². The zero-order chi connectivity index (χ0) is 22.0. The number of esters is 1. The van der Waals surface area contributed by atoms with Crippen molar-refractivity contribution in [2.75, 3.05) is 39.4 Å². The summed E-state index contributed by atoms with van der Waals surface area (Å²) in [6.07, 6.45) is 1.84. The fourth-order valence-electron chi connectivity index (χ4n) is 4.18. The van der Waals surface area contributed by atoms with Crippen LogP contribution in [0.25, 0.3) is 0 Å². The third kappa shape index (κ3) is 4.64. The number of benzene rings is 1. The SMILES string of the molecule is C[C@H](OC(=O)C1CCN(S(=O)(=O)c2ccc3c(c2)OCCO3)CC1)C(=O)N1CCCC1. The minimum Gasteiger partial charge on any atom is -0.486 e. The first kappa shape index (κ1) is 21.9. The van der Waals surface area contributed by atoms with E-state index in [1.807, 2.05) is 0 Å². The van der Waals surface area contributed by atoms with Gasteiger partial charge in [0.05, 0.1) is 10.8 Å². The van der Waals surface area contributed by atoms with Gasteiger partial charge in [0.2, 0.25) is 10.0 Å². The Morgan fingerprint density at radius 3 is 2.35 bits per heavy atom. The topological polar surface area (TPSA) is 102 Å². The smallest absolute Gasteiger partial charge is 0.309 e. The number of carbonyl (C=O) groups excluding carboxylic acids is 2. The number of sulfonamides is 1. The monoisotopic (exact) mass is 452 g/mol. The molecule has 3 heterocycles. The molecule has 4 rings (SSSR count). The molecule has 0 N–H and O–H groups in total. The maximum atomic E-state index is 13.0. The highest BCUT2D eigenvalue weighted by molar-refractivity contribution is 7.89. The summed E-state index contributed by atoms with van der Waals surface area (Å²) in [7, 11) is -3.71. The lowest BCUT2D eigenvalue weighted by molar-refractivity contribution is -0.163. The van der Waals surface area contributed by atoms with E-state index in [4.69, 9.17) is 14.2 Å². The molecule has 0 bridgehead atoms. The van der Waals surface area contributed by atoms with Gasteiger partial charge in [-0.15, -0.1) is 0 Å². The molecule has 0 radical (unpaired) electrons. The number of hydrogen-bond donors (Lipinski definition) is 0. The first-order valence-electron chi connectivity index (χ1n) is 10.8. The number of amides is 1. The maximum absolute atomic E-state index is 13.0. The van der Waals surface area contributed by atoms with Crippen molar-refractivity contribution >= 4 is 21.9 Å². The van der Waals surface area contributed by atoms with Crippen molar-refractivity contribution in [2.45, 2.75) is 43.6 Å². The number of nitrogens with zero attached hydrogens (tertiary/aromatic N) is 2. The number of hydrogen-bond acceptors (Lipinski definition) is 7. The Morgan fingerprint density at radius 1 is 1.03 bits per heavy atom. The molecule has 0 aliphatic carbocycles. The number of piperidine rings is 1. The Morgan fingerprint density at radius 2 is 1.68 bits per heavy atom. The van der Waals surface area contributed by atoms with Crippen LogP contribution in [0, 0.1) is 5.92 Å². The summed E-state index contributed by atoms with van der Waals surface area (Å²) < 4.78 is 43.8. The molecule has 170 valence electrons. The lowest BCUT2D eigenvalue weighted by Gasteiger charge is -2.31. The van der Waals surface area contributed by atoms with Gasteiger partial charge >= 0.3 is 5.97 Å². The standard InChI is InChI=1S/C21H28N2O7S/c1-15(20(24)22-8-2-3-9-22)30-21(25)16-6-10-23(11-7-16)31(26,27)17-4-5-18-19(14-17)29-13-12-28-18/h4-5,14-16H,2-3,6-13H2,1H3/t15-/m0/s1. The summed E-state index contributed by atoms with van der Waals surface area (Å²) in [6.45, 7) is 4.25. The zero-order valence-electron chi connectivity index (χ0n) is 17.6. The number of likely N-dealkylation sites (tertiary alicyclic amines) is 1. The zero-order valence-corrected chi connectivity index (χ0v) is 18.4. The van der Waals surface area contributed by atoms with Gasteiger partial charge in [0.15, 0.2) is 17.6 Å². The van der Waals surface area contributed by atoms with Crippen molar-refractivity contribution in [3.63, 3.8) is 0 Å². The van der Waals surface area contributed by atoms with Gasteiger partial charge in [0.25, 0.3) is 5.91 Å². The van der Waals surface area contributed by atoms with Crippen molar-refractivity contribution in [1.82, 2.24) is 9.21 Å². The number of carbonyl (C=O) groups is 2. The molecule has 0 unspecified atom stereocenters.